The lowest BCUT2D eigenvalue weighted by Gasteiger charge is -2.12. The first-order chi connectivity index (χ1) is 7.67. The third-order valence-electron chi connectivity index (χ3n) is 2.45. The van der Waals surface area contributed by atoms with E-state index in [1.54, 1.807) is 7.11 Å². The van der Waals surface area contributed by atoms with Gasteiger partial charge in [-0.15, -0.1) is 0 Å². The summed E-state index contributed by atoms with van der Waals surface area (Å²) in [6, 6.07) is 2.48. The van der Waals surface area contributed by atoms with Crippen LogP contribution in [0, 0.1) is 6.92 Å². The van der Waals surface area contributed by atoms with Crippen LogP contribution in [-0.4, -0.2) is 38.8 Å². The molecule has 1 aliphatic heterocycles. The van der Waals surface area contributed by atoms with E-state index in [0.29, 0.717) is 11.8 Å². The minimum absolute atomic E-state index is 0.250. The summed E-state index contributed by atoms with van der Waals surface area (Å²) in [5.41, 5.74) is 0.855. The van der Waals surface area contributed by atoms with E-state index >= 15 is 0 Å². The highest BCUT2D eigenvalue weighted by molar-refractivity contribution is 7.85. The Morgan fingerprint density at radius 2 is 2.38 bits per heavy atom. The molecule has 2 rings (SSSR count). The summed E-state index contributed by atoms with van der Waals surface area (Å²) in [4.78, 5) is 8.31. The lowest BCUT2D eigenvalue weighted by atomic mass is 10.2. The molecule has 1 aromatic rings. The van der Waals surface area contributed by atoms with Crippen LogP contribution in [0.2, 0.25) is 0 Å². The molecule has 2 atom stereocenters. The molecule has 0 radical (unpaired) electrons. The molecule has 1 N–H and O–H groups in total. The first-order valence-corrected chi connectivity index (χ1v) is 6.67. The Balaban J connectivity index is 2.08. The van der Waals surface area contributed by atoms with Gasteiger partial charge in [0.25, 0.3) is 0 Å². The summed E-state index contributed by atoms with van der Waals surface area (Å²) in [7, 11) is 0.869. The number of methoxy groups -OCH3 is 1. The number of nitrogens with zero attached hydrogens (tertiary/aromatic N) is 2. The van der Waals surface area contributed by atoms with E-state index in [1.807, 2.05) is 13.0 Å². The van der Waals surface area contributed by atoms with Gasteiger partial charge >= 0.3 is 6.01 Å². The molecule has 1 fully saturated rings. The average molecular weight is 241 g/mol. The minimum Gasteiger partial charge on any atom is -0.467 e. The molecule has 2 heterocycles. The van der Waals surface area contributed by atoms with Crippen molar-refractivity contribution >= 4 is 16.6 Å². The molecule has 0 saturated carbocycles. The molecule has 88 valence electrons. The van der Waals surface area contributed by atoms with Crippen molar-refractivity contribution in [2.24, 2.45) is 0 Å². The SMILES string of the molecule is COc1nc(C)cc(NC2CCS(=O)C2)n1. The maximum absolute atomic E-state index is 11.2. The molecule has 5 nitrogen and oxygen atoms in total. The van der Waals surface area contributed by atoms with Gasteiger partial charge in [0.2, 0.25) is 0 Å². The summed E-state index contributed by atoms with van der Waals surface area (Å²) < 4.78 is 16.2. The summed E-state index contributed by atoms with van der Waals surface area (Å²) >= 11 is 0. The van der Waals surface area contributed by atoms with Crippen molar-refractivity contribution < 1.29 is 8.95 Å². The molecular formula is C10H15N3O2S. The van der Waals surface area contributed by atoms with Gasteiger partial charge in [-0.3, -0.25) is 4.21 Å². The third kappa shape index (κ3) is 2.69. The maximum atomic E-state index is 11.2. The number of aromatic nitrogens is 2. The summed E-state index contributed by atoms with van der Waals surface area (Å²) in [6.45, 7) is 1.89. The van der Waals surface area contributed by atoms with Gasteiger partial charge in [-0.25, -0.2) is 4.98 Å². The van der Waals surface area contributed by atoms with Crippen molar-refractivity contribution in [2.45, 2.75) is 19.4 Å². The van der Waals surface area contributed by atoms with E-state index in [2.05, 4.69) is 15.3 Å². The Kier molecular flexibility index (Phi) is 3.38. The fourth-order valence-electron chi connectivity index (χ4n) is 1.69. The van der Waals surface area contributed by atoms with Gasteiger partial charge in [-0.2, -0.15) is 4.98 Å². The fraction of sp³-hybridized carbons (Fsp3) is 0.600. The minimum atomic E-state index is -0.676. The fourth-order valence-corrected chi connectivity index (χ4v) is 3.11. The number of hydrogen-bond acceptors (Lipinski definition) is 5. The van der Waals surface area contributed by atoms with Gasteiger partial charge in [0.1, 0.15) is 5.82 Å². The Bertz CT molecular complexity index is 411. The van der Waals surface area contributed by atoms with E-state index in [-0.39, 0.29) is 6.04 Å². The van der Waals surface area contributed by atoms with Crippen LogP contribution in [0.25, 0.3) is 0 Å². The van der Waals surface area contributed by atoms with Crippen LogP contribution in [0.4, 0.5) is 5.82 Å². The molecule has 0 aromatic carbocycles. The van der Waals surface area contributed by atoms with Crippen LogP contribution < -0.4 is 10.1 Å². The molecule has 0 amide bonds. The van der Waals surface area contributed by atoms with Crippen LogP contribution in [0.1, 0.15) is 12.1 Å². The van der Waals surface area contributed by atoms with Gasteiger partial charge in [-0.1, -0.05) is 0 Å². The van der Waals surface area contributed by atoms with Gasteiger partial charge < -0.3 is 10.1 Å². The Labute approximate surface area is 97.1 Å². The lowest BCUT2D eigenvalue weighted by Crippen LogP contribution is -2.20. The number of hydrogen-bond donors (Lipinski definition) is 1. The quantitative estimate of drug-likeness (QED) is 0.845. The van der Waals surface area contributed by atoms with Gasteiger partial charge in [0, 0.05) is 40.1 Å². The largest absolute Gasteiger partial charge is 0.467 e. The monoisotopic (exact) mass is 241 g/mol. The summed E-state index contributed by atoms with van der Waals surface area (Å²) in [6.07, 6.45) is 0.929. The number of aryl methyl sites for hydroxylation is 1. The molecule has 6 heteroatoms. The number of anilines is 1. The maximum Gasteiger partial charge on any atom is 0.318 e. The zero-order chi connectivity index (χ0) is 11.5. The molecule has 2 unspecified atom stereocenters. The van der Waals surface area contributed by atoms with E-state index in [9.17, 15) is 4.21 Å². The van der Waals surface area contributed by atoms with Crippen molar-refractivity contribution in [2.75, 3.05) is 23.9 Å². The molecule has 0 aliphatic carbocycles. The second-order valence-corrected chi connectivity index (χ2v) is 5.44. The molecular weight excluding hydrogens is 226 g/mol. The van der Waals surface area contributed by atoms with Gasteiger partial charge in [0.05, 0.1) is 7.11 Å². The zero-order valence-electron chi connectivity index (χ0n) is 9.40. The summed E-state index contributed by atoms with van der Waals surface area (Å²) in [5, 5.41) is 3.26. The third-order valence-corrected chi connectivity index (χ3v) is 3.91. The van der Waals surface area contributed by atoms with Crippen molar-refractivity contribution in [3.05, 3.63) is 11.8 Å². The van der Waals surface area contributed by atoms with Crippen LogP contribution in [0.5, 0.6) is 6.01 Å². The van der Waals surface area contributed by atoms with Crippen LogP contribution >= 0.6 is 0 Å². The Morgan fingerprint density at radius 1 is 1.56 bits per heavy atom. The van der Waals surface area contributed by atoms with Crippen molar-refractivity contribution in [3.63, 3.8) is 0 Å². The van der Waals surface area contributed by atoms with Gasteiger partial charge in [-0.05, 0) is 13.3 Å². The van der Waals surface area contributed by atoms with Crippen molar-refractivity contribution in [3.8, 4) is 6.01 Å². The molecule has 1 aromatic heterocycles. The number of nitrogens with one attached hydrogen (secondary N) is 1. The van der Waals surface area contributed by atoms with Crippen LogP contribution in [0.3, 0.4) is 0 Å². The normalized spacial score (nSPS) is 24.4. The molecule has 1 saturated heterocycles. The predicted octanol–water partition coefficient (Wildman–Crippen LogP) is 0.727. The predicted molar refractivity (Wildman–Crippen MR) is 63.2 cm³/mol. The Morgan fingerprint density at radius 3 is 3.00 bits per heavy atom. The van der Waals surface area contributed by atoms with E-state index in [0.717, 1.165) is 23.7 Å². The second kappa shape index (κ2) is 4.78. The smallest absolute Gasteiger partial charge is 0.318 e. The lowest BCUT2D eigenvalue weighted by molar-refractivity contribution is 0.379. The number of ether oxygens (including phenoxy) is 1. The van der Waals surface area contributed by atoms with E-state index in [4.69, 9.17) is 4.74 Å². The topological polar surface area (TPSA) is 64.1 Å². The van der Waals surface area contributed by atoms with E-state index < -0.39 is 10.8 Å². The molecule has 1 aliphatic rings. The average Bonchev–Trinajstić information content (AvgIpc) is 2.63. The molecule has 16 heavy (non-hydrogen) atoms. The molecule has 0 bridgehead atoms. The van der Waals surface area contributed by atoms with Crippen LogP contribution in [-0.2, 0) is 10.8 Å². The zero-order valence-corrected chi connectivity index (χ0v) is 10.2. The van der Waals surface area contributed by atoms with Gasteiger partial charge in [0.15, 0.2) is 0 Å². The first kappa shape index (κ1) is 11.3. The highest BCUT2D eigenvalue weighted by atomic mass is 32.2. The standard InChI is InChI=1S/C10H15N3O2S/c1-7-5-9(13-10(11-7)15-2)12-8-3-4-16(14)6-8/h5,8H,3-4,6H2,1-2H3,(H,11,12,13). The highest BCUT2D eigenvalue weighted by Crippen LogP contribution is 2.16. The Hall–Kier alpha value is -1.17. The second-order valence-electron chi connectivity index (χ2n) is 3.82. The van der Waals surface area contributed by atoms with E-state index in [1.165, 1.54) is 0 Å². The van der Waals surface area contributed by atoms with Crippen molar-refractivity contribution in [1.29, 1.82) is 0 Å². The van der Waals surface area contributed by atoms with Crippen LogP contribution in [0.15, 0.2) is 6.07 Å². The van der Waals surface area contributed by atoms with Crippen molar-refractivity contribution in [1.82, 2.24) is 9.97 Å². The molecule has 0 spiro atoms. The highest BCUT2D eigenvalue weighted by Gasteiger charge is 2.21. The first-order valence-electron chi connectivity index (χ1n) is 5.18. The number of rotatable bonds is 3. The summed E-state index contributed by atoms with van der Waals surface area (Å²) in [5.74, 6) is 2.22.